The quantitative estimate of drug-likeness (QED) is 0.776. The summed E-state index contributed by atoms with van der Waals surface area (Å²) in [7, 11) is 0. The smallest absolute Gasteiger partial charge is 0.161 e. The topological polar surface area (TPSA) is 30.9 Å². The zero-order chi connectivity index (χ0) is 16.1. The van der Waals surface area contributed by atoms with Gasteiger partial charge < -0.3 is 19.1 Å². The molecular weight excluding hydrogens is 298 g/mol. The lowest BCUT2D eigenvalue weighted by Crippen LogP contribution is -2.47. The molecule has 1 aromatic rings. The molecule has 4 nitrogen and oxygen atoms in total. The first-order valence-corrected chi connectivity index (χ1v) is 8.30. The third kappa shape index (κ3) is 4.11. The number of rotatable bonds is 5. The molecule has 1 heterocycles. The Hall–Kier alpha value is -1.33. The van der Waals surface area contributed by atoms with Crippen molar-refractivity contribution >= 4 is 17.2 Å². The number of benzene rings is 1. The van der Waals surface area contributed by atoms with Crippen LogP contribution in [0.25, 0.3) is 0 Å². The van der Waals surface area contributed by atoms with Crippen LogP contribution >= 0.6 is 12.2 Å². The van der Waals surface area contributed by atoms with Crippen LogP contribution in [-0.2, 0) is 4.74 Å². The highest BCUT2D eigenvalue weighted by Crippen LogP contribution is 2.29. The summed E-state index contributed by atoms with van der Waals surface area (Å²) < 4.78 is 17.1. The van der Waals surface area contributed by atoms with Gasteiger partial charge in [0.15, 0.2) is 11.5 Å². The largest absolute Gasteiger partial charge is 0.490 e. The van der Waals surface area contributed by atoms with E-state index in [0.717, 1.165) is 35.1 Å². The van der Waals surface area contributed by atoms with Crippen LogP contribution in [0, 0.1) is 0 Å². The van der Waals surface area contributed by atoms with Gasteiger partial charge in [0.05, 0.1) is 25.4 Å². The van der Waals surface area contributed by atoms with Gasteiger partial charge in [-0.15, -0.1) is 0 Å². The lowest BCUT2D eigenvalue weighted by molar-refractivity contribution is -0.0472. The molecule has 0 spiro atoms. The van der Waals surface area contributed by atoms with Gasteiger partial charge in [-0.2, -0.15) is 0 Å². The molecule has 1 aliphatic rings. The molecule has 1 aromatic carbocycles. The van der Waals surface area contributed by atoms with Gasteiger partial charge in [-0.1, -0.05) is 12.2 Å². The lowest BCUT2D eigenvalue weighted by Gasteiger charge is -2.37. The van der Waals surface area contributed by atoms with Crippen molar-refractivity contribution in [2.24, 2.45) is 0 Å². The number of morpholine rings is 1. The molecule has 2 atom stereocenters. The summed E-state index contributed by atoms with van der Waals surface area (Å²) in [6.07, 6.45) is 0.381. The standard InChI is InChI=1S/C17H25NO3S/c1-5-19-15-8-7-14(9-16(15)20-6-2)17(22)18-10-12(3)21-13(4)11-18/h7-9,12-13H,5-6,10-11H2,1-4H3/t12-,13-/m1/s1. The second kappa shape index (κ2) is 7.79. The molecule has 1 fully saturated rings. The number of hydrogen-bond donors (Lipinski definition) is 0. The van der Waals surface area contributed by atoms with E-state index in [9.17, 15) is 0 Å². The van der Waals surface area contributed by atoms with E-state index in [1.54, 1.807) is 0 Å². The molecule has 1 saturated heterocycles. The van der Waals surface area contributed by atoms with Gasteiger partial charge in [-0.3, -0.25) is 0 Å². The van der Waals surface area contributed by atoms with E-state index < -0.39 is 0 Å². The second-order valence-electron chi connectivity index (χ2n) is 5.49. The Bertz CT molecular complexity index is 511. The van der Waals surface area contributed by atoms with Gasteiger partial charge in [-0.05, 0) is 45.9 Å². The van der Waals surface area contributed by atoms with E-state index in [4.69, 9.17) is 26.4 Å². The highest BCUT2D eigenvalue weighted by molar-refractivity contribution is 7.80. The minimum atomic E-state index is 0.191. The van der Waals surface area contributed by atoms with Crippen molar-refractivity contribution < 1.29 is 14.2 Å². The van der Waals surface area contributed by atoms with Crippen LogP contribution in [0.15, 0.2) is 18.2 Å². The van der Waals surface area contributed by atoms with Gasteiger partial charge in [0, 0.05) is 18.7 Å². The summed E-state index contributed by atoms with van der Waals surface area (Å²) in [4.78, 5) is 3.05. The Kier molecular flexibility index (Phi) is 6.03. The van der Waals surface area contributed by atoms with E-state index in [-0.39, 0.29) is 12.2 Å². The monoisotopic (exact) mass is 323 g/mol. The SMILES string of the molecule is CCOc1ccc(C(=S)N2C[C@@H](C)O[C@H](C)C2)cc1OCC. The molecule has 122 valence electrons. The summed E-state index contributed by atoms with van der Waals surface area (Å²) >= 11 is 5.67. The summed E-state index contributed by atoms with van der Waals surface area (Å²) in [5.74, 6) is 1.51. The van der Waals surface area contributed by atoms with Crippen molar-refractivity contribution in [3.63, 3.8) is 0 Å². The number of thiocarbonyl (C=S) groups is 1. The molecule has 0 N–H and O–H groups in total. The Morgan fingerprint density at radius 1 is 1.14 bits per heavy atom. The minimum Gasteiger partial charge on any atom is -0.490 e. The maximum atomic E-state index is 5.77. The van der Waals surface area contributed by atoms with Gasteiger partial charge in [0.2, 0.25) is 0 Å². The first kappa shape index (κ1) is 17.0. The molecule has 1 aliphatic heterocycles. The molecule has 0 amide bonds. The zero-order valence-electron chi connectivity index (χ0n) is 13.8. The molecule has 0 radical (unpaired) electrons. The van der Waals surface area contributed by atoms with Crippen LogP contribution < -0.4 is 9.47 Å². The van der Waals surface area contributed by atoms with E-state index in [2.05, 4.69) is 18.7 Å². The van der Waals surface area contributed by atoms with Crippen LogP contribution in [0.1, 0.15) is 33.3 Å². The van der Waals surface area contributed by atoms with Gasteiger partial charge in [-0.25, -0.2) is 0 Å². The fraction of sp³-hybridized carbons (Fsp3) is 0.588. The lowest BCUT2D eigenvalue weighted by atomic mass is 10.1. The summed E-state index contributed by atoms with van der Waals surface area (Å²) in [5, 5.41) is 0. The Morgan fingerprint density at radius 3 is 2.32 bits per heavy atom. The van der Waals surface area contributed by atoms with Crippen LogP contribution in [-0.4, -0.2) is 48.4 Å². The Morgan fingerprint density at radius 2 is 1.73 bits per heavy atom. The molecule has 0 saturated carbocycles. The van der Waals surface area contributed by atoms with Crippen molar-refractivity contribution in [3.05, 3.63) is 23.8 Å². The predicted octanol–water partition coefficient (Wildman–Crippen LogP) is 3.27. The van der Waals surface area contributed by atoms with E-state index in [0.29, 0.717) is 13.2 Å². The maximum absolute atomic E-state index is 5.77. The molecule has 0 unspecified atom stereocenters. The van der Waals surface area contributed by atoms with Gasteiger partial charge in [0.25, 0.3) is 0 Å². The molecule has 0 aliphatic carbocycles. The third-order valence-corrected chi connectivity index (χ3v) is 3.99. The molecule has 5 heteroatoms. The minimum absolute atomic E-state index is 0.191. The summed E-state index contributed by atoms with van der Waals surface area (Å²) in [6.45, 7) is 10.9. The average Bonchev–Trinajstić information content (AvgIpc) is 2.48. The van der Waals surface area contributed by atoms with Crippen molar-refractivity contribution in [3.8, 4) is 11.5 Å². The summed E-state index contributed by atoms with van der Waals surface area (Å²) in [6, 6.07) is 5.91. The average molecular weight is 323 g/mol. The fourth-order valence-electron chi connectivity index (χ4n) is 2.71. The molecular formula is C17H25NO3S. The van der Waals surface area contributed by atoms with Crippen molar-refractivity contribution in [1.82, 2.24) is 4.90 Å². The highest BCUT2D eigenvalue weighted by Gasteiger charge is 2.25. The summed E-state index contributed by atoms with van der Waals surface area (Å²) in [5.41, 5.74) is 0.989. The van der Waals surface area contributed by atoms with Gasteiger partial charge in [0.1, 0.15) is 4.99 Å². The van der Waals surface area contributed by atoms with Gasteiger partial charge >= 0.3 is 0 Å². The van der Waals surface area contributed by atoms with Crippen LogP contribution in [0.3, 0.4) is 0 Å². The van der Waals surface area contributed by atoms with Crippen molar-refractivity contribution in [1.29, 1.82) is 0 Å². The Labute approximate surface area is 138 Å². The van der Waals surface area contributed by atoms with Crippen molar-refractivity contribution in [2.75, 3.05) is 26.3 Å². The number of hydrogen-bond acceptors (Lipinski definition) is 4. The molecule has 2 rings (SSSR count). The van der Waals surface area contributed by atoms with E-state index >= 15 is 0 Å². The highest BCUT2D eigenvalue weighted by atomic mass is 32.1. The molecule has 0 bridgehead atoms. The molecule has 22 heavy (non-hydrogen) atoms. The van der Waals surface area contributed by atoms with E-state index in [1.807, 2.05) is 32.0 Å². The number of ether oxygens (including phenoxy) is 3. The maximum Gasteiger partial charge on any atom is 0.161 e. The third-order valence-electron chi connectivity index (χ3n) is 3.50. The van der Waals surface area contributed by atoms with Crippen molar-refractivity contribution in [2.45, 2.75) is 39.9 Å². The first-order valence-electron chi connectivity index (χ1n) is 7.89. The van der Waals surface area contributed by atoms with E-state index in [1.165, 1.54) is 0 Å². The predicted molar refractivity (Wildman–Crippen MR) is 92.1 cm³/mol. The van der Waals surface area contributed by atoms with Crippen LogP contribution in [0.5, 0.6) is 11.5 Å². The fourth-order valence-corrected chi connectivity index (χ4v) is 2.99. The number of nitrogens with zero attached hydrogens (tertiary/aromatic N) is 1. The van der Waals surface area contributed by atoms with Crippen LogP contribution in [0.2, 0.25) is 0 Å². The normalized spacial score (nSPS) is 21.5. The van der Waals surface area contributed by atoms with Crippen LogP contribution in [0.4, 0.5) is 0 Å². The zero-order valence-corrected chi connectivity index (χ0v) is 14.6. The Balaban J connectivity index is 2.20. The first-order chi connectivity index (χ1) is 10.5. The molecule has 0 aromatic heterocycles. The second-order valence-corrected chi connectivity index (χ2v) is 5.88.